The lowest BCUT2D eigenvalue weighted by molar-refractivity contribution is -0.171. The minimum atomic E-state index is -1.58. The molecule has 126 valence electrons. The monoisotopic (exact) mass is 319 g/mol. The number of aliphatic hydroxyl groups is 2. The fourth-order valence-corrected chi connectivity index (χ4v) is 6.12. The summed E-state index contributed by atoms with van der Waals surface area (Å²) in [5, 5.41) is 20.1. The van der Waals surface area contributed by atoms with Crippen molar-refractivity contribution in [2.24, 2.45) is 34.3 Å². The van der Waals surface area contributed by atoms with Crippen LogP contribution in [0.5, 0.6) is 0 Å². The first-order valence-electron chi connectivity index (χ1n) is 8.79. The van der Waals surface area contributed by atoms with Crippen LogP contribution in [0.3, 0.4) is 0 Å². The smallest absolute Gasteiger partial charge is 0.163 e. The molecule has 5 atom stereocenters. The predicted molar refractivity (Wildman–Crippen MR) is 86.5 cm³/mol. The van der Waals surface area contributed by atoms with Crippen molar-refractivity contribution >= 4 is 0 Å². The van der Waals surface area contributed by atoms with E-state index in [1.54, 1.807) is 0 Å². The molecule has 0 unspecified atom stereocenters. The van der Waals surface area contributed by atoms with Gasteiger partial charge in [0.2, 0.25) is 0 Å². The molecule has 0 aliphatic heterocycles. The highest BCUT2D eigenvalue weighted by Gasteiger charge is 2.61. The van der Waals surface area contributed by atoms with Gasteiger partial charge in [0.25, 0.3) is 0 Å². The fraction of sp³-hybridized carbons (Fsp3) is 0.684. The van der Waals surface area contributed by atoms with Gasteiger partial charge in [0, 0.05) is 11.8 Å². The largest absolute Gasteiger partial charge is 0.399 e. The van der Waals surface area contributed by atoms with Crippen molar-refractivity contribution in [3.8, 4) is 0 Å². The van der Waals surface area contributed by atoms with Gasteiger partial charge in [-0.2, -0.15) is 0 Å². The van der Waals surface area contributed by atoms with Gasteiger partial charge in [-0.15, -0.1) is 0 Å². The van der Waals surface area contributed by atoms with E-state index in [4.69, 9.17) is 5.73 Å². The van der Waals surface area contributed by atoms with E-state index < -0.39 is 11.7 Å². The van der Waals surface area contributed by atoms with Gasteiger partial charge < -0.3 is 15.9 Å². The van der Waals surface area contributed by atoms with Crippen molar-refractivity contribution < 1.29 is 14.6 Å². The highest BCUT2D eigenvalue weighted by atomic mass is 19.1. The van der Waals surface area contributed by atoms with Crippen molar-refractivity contribution in [1.29, 1.82) is 0 Å². The quantitative estimate of drug-likeness (QED) is 0.514. The van der Waals surface area contributed by atoms with Gasteiger partial charge in [0.1, 0.15) is 5.83 Å². The second-order valence-electron chi connectivity index (χ2n) is 8.04. The lowest BCUT2D eigenvalue weighted by Gasteiger charge is -2.56. The Balaban J connectivity index is 1.76. The molecule has 0 radical (unpaired) electrons. The van der Waals surface area contributed by atoms with Crippen molar-refractivity contribution in [2.45, 2.75) is 51.7 Å². The van der Waals surface area contributed by atoms with Gasteiger partial charge in [0.15, 0.2) is 6.29 Å². The first-order valence-corrected chi connectivity index (χ1v) is 8.79. The molecule has 3 nitrogen and oxygen atoms in total. The number of hydrogen-bond acceptors (Lipinski definition) is 3. The average Bonchev–Trinajstić information content (AvgIpc) is 2.79. The summed E-state index contributed by atoms with van der Waals surface area (Å²) < 4.78 is 14.3. The fourth-order valence-electron chi connectivity index (χ4n) is 6.12. The van der Waals surface area contributed by atoms with E-state index in [9.17, 15) is 14.6 Å². The van der Waals surface area contributed by atoms with Crippen LogP contribution in [0.2, 0.25) is 0 Å². The number of hydrogen-bond donors (Lipinski definition) is 3. The molecule has 23 heavy (non-hydrogen) atoms. The maximum Gasteiger partial charge on any atom is 0.163 e. The molecule has 0 aromatic heterocycles. The molecule has 0 saturated heterocycles. The summed E-state index contributed by atoms with van der Waals surface area (Å²) in [4.78, 5) is 0. The number of aliphatic hydroxyl groups excluding tert-OH is 1. The van der Waals surface area contributed by atoms with Gasteiger partial charge in [-0.05, 0) is 49.9 Å². The summed E-state index contributed by atoms with van der Waals surface area (Å²) in [7, 11) is 0. The Hall–Kier alpha value is -1.13. The van der Waals surface area contributed by atoms with Crippen LogP contribution in [0.4, 0.5) is 4.39 Å². The third-order valence-corrected chi connectivity index (χ3v) is 7.36. The SMILES string of the molecule is C[C@]12C=CCCC1=CC[C@@H]1[C@@H]2CC[C@]2(C(O)O)C(N)=C(F)C[C@@H]12. The number of nitrogens with two attached hydrogens (primary N) is 1. The molecular weight excluding hydrogens is 293 g/mol. The summed E-state index contributed by atoms with van der Waals surface area (Å²) in [6.07, 6.45) is 10.2. The molecule has 4 heteroatoms. The molecule has 0 amide bonds. The number of halogens is 1. The predicted octanol–water partition coefficient (Wildman–Crippen LogP) is 3.16. The number of fused-ring (bicyclic) bond motifs is 5. The Bertz CT molecular complexity index is 623. The van der Waals surface area contributed by atoms with Crippen molar-refractivity contribution in [3.63, 3.8) is 0 Å². The third kappa shape index (κ3) is 1.82. The molecule has 0 aromatic carbocycles. The van der Waals surface area contributed by atoms with Crippen LogP contribution < -0.4 is 5.73 Å². The third-order valence-electron chi connectivity index (χ3n) is 7.36. The summed E-state index contributed by atoms with van der Waals surface area (Å²) >= 11 is 0. The Kier molecular flexibility index (Phi) is 3.30. The van der Waals surface area contributed by atoms with E-state index in [0.29, 0.717) is 12.3 Å². The lowest BCUT2D eigenvalue weighted by Crippen LogP contribution is -2.54. The lowest BCUT2D eigenvalue weighted by atomic mass is 9.48. The highest BCUT2D eigenvalue weighted by Crippen LogP contribution is 2.65. The molecule has 0 aromatic rings. The Morgan fingerprint density at radius 1 is 1.35 bits per heavy atom. The van der Waals surface area contributed by atoms with Gasteiger partial charge >= 0.3 is 0 Å². The van der Waals surface area contributed by atoms with Gasteiger partial charge in [-0.3, -0.25) is 0 Å². The Morgan fingerprint density at radius 2 is 2.13 bits per heavy atom. The van der Waals surface area contributed by atoms with Crippen LogP contribution in [-0.4, -0.2) is 16.5 Å². The zero-order valence-corrected chi connectivity index (χ0v) is 13.6. The molecule has 0 bridgehead atoms. The van der Waals surface area contributed by atoms with Gasteiger partial charge in [-0.25, -0.2) is 4.39 Å². The summed E-state index contributed by atoms with van der Waals surface area (Å²) in [5.41, 5.74) is 6.68. The zero-order valence-electron chi connectivity index (χ0n) is 13.6. The molecule has 4 N–H and O–H groups in total. The van der Waals surface area contributed by atoms with Gasteiger partial charge in [-0.1, -0.05) is 30.7 Å². The van der Waals surface area contributed by atoms with Crippen molar-refractivity contribution in [1.82, 2.24) is 0 Å². The highest BCUT2D eigenvalue weighted by molar-refractivity contribution is 5.34. The van der Waals surface area contributed by atoms with Crippen LogP contribution in [0, 0.1) is 28.6 Å². The van der Waals surface area contributed by atoms with E-state index in [1.165, 1.54) is 5.57 Å². The second kappa shape index (κ2) is 4.93. The summed E-state index contributed by atoms with van der Waals surface area (Å²) in [6.45, 7) is 2.30. The molecule has 4 rings (SSSR count). The van der Waals surface area contributed by atoms with Crippen LogP contribution in [0.1, 0.15) is 45.4 Å². The molecule has 4 aliphatic rings. The van der Waals surface area contributed by atoms with Crippen molar-refractivity contribution in [3.05, 3.63) is 35.3 Å². The minimum absolute atomic E-state index is 0.0432. The zero-order chi connectivity index (χ0) is 16.4. The minimum Gasteiger partial charge on any atom is -0.399 e. The number of allylic oxidation sites excluding steroid dienone is 5. The molecule has 4 aliphatic carbocycles. The van der Waals surface area contributed by atoms with Crippen LogP contribution in [0.25, 0.3) is 0 Å². The van der Waals surface area contributed by atoms with E-state index in [1.807, 2.05) is 0 Å². The molecule has 0 heterocycles. The van der Waals surface area contributed by atoms with Crippen LogP contribution in [0.15, 0.2) is 35.3 Å². The standard InChI is InChI=1S/C19H26FNO2/c1-18-8-3-2-4-11(18)5-6-12-13(18)7-9-19(17(22)23)14(12)10-15(20)16(19)21/h3,5,8,12-14,17,22-23H,2,4,6-7,9-10,21H2,1H3/t12-,13+,14+,18+,19-/m1/s1. The average molecular weight is 319 g/mol. The van der Waals surface area contributed by atoms with E-state index in [2.05, 4.69) is 25.2 Å². The Morgan fingerprint density at radius 3 is 2.87 bits per heavy atom. The van der Waals surface area contributed by atoms with Crippen LogP contribution in [-0.2, 0) is 0 Å². The van der Waals surface area contributed by atoms with E-state index >= 15 is 0 Å². The summed E-state index contributed by atoms with van der Waals surface area (Å²) in [6, 6.07) is 0. The number of rotatable bonds is 1. The second-order valence-corrected chi connectivity index (χ2v) is 8.04. The first-order chi connectivity index (χ1) is 10.9. The van der Waals surface area contributed by atoms with Crippen molar-refractivity contribution in [2.75, 3.05) is 0 Å². The topological polar surface area (TPSA) is 66.5 Å². The maximum atomic E-state index is 14.3. The Labute approximate surface area is 136 Å². The maximum absolute atomic E-state index is 14.3. The molecule has 1 saturated carbocycles. The molecule has 0 spiro atoms. The van der Waals surface area contributed by atoms with Gasteiger partial charge in [0.05, 0.1) is 11.1 Å². The normalized spacial score (nSPS) is 45.6. The molecule has 1 fully saturated rings. The first kappa shape index (κ1) is 15.4. The summed E-state index contributed by atoms with van der Waals surface area (Å²) in [5.74, 6) is 0.262. The van der Waals surface area contributed by atoms with E-state index in [-0.39, 0.29) is 35.2 Å². The molecular formula is C19H26FNO2. The van der Waals surface area contributed by atoms with Crippen LogP contribution >= 0.6 is 0 Å². The van der Waals surface area contributed by atoms with E-state index in [0.717, 1.165) is 25.7 Å².